The number of aliphatic hydroxyl groups is 1. The van der Waals surface area contributed by atoms with Crippen molar-refractivity contribution in [2.24, 2.45) is 5.92 Å². The fourth-order valence-electron chi connectivity index (χ4n) is 3.55. The Morgan fingerprint density at radius 3 is 2.92 bits per heavy atom. The Balaban J connectivity index is 1.70. The van der Waals surface area contributed by atoms with Gasteiger partial charge >= 0.3 is 5.97 Å². The Morgan fingerprint density at radius 1 is 1.42 bits per heavy atom. The number of aliphatic hydroxyl groups excluding tert-OH is 1. The zero-order valence-electron chi connectivity index (χ0n) is 15.0. The van der Waals surface area contributed by atoms with Gasteiger partial charge in [0.1, 0.15) is 11.3 Å². The van der Waals surface area contributed by atoms with Crippen LogP contribution in [0.5, 0.6) is 5.75 Å². The first-order valence-corrected chi connectivity index (χ1v) is 9.52. The molecule has 1 N–H and O–H groups in total. The summed E-state index contributed by atoms with van der Waals surface area (Å²) in [5, 5.41) is 10.9. The molecule has 3 atom stereocenters. The number of carbonyl (C=O) groups excluding carboxylic acids is 1. The first-order chi connectivity index (χ1) is 12.5. The molecular weight excluding hydrogens is 356 g/mol. The number of methoxy groups -OCH3 is 1. The number of nitrogens with zero attached hydrogens (tertiary/aromatic N) is 2. The molecule has 1 unspecified atom stereocenters. The minimum atomic E-state index is -0.412. The predicted molar refractivity (Wildman–Crippen MR) is 98.2 cm³/mol. The van der Waals surface area contributed by atoms with Crippen molar-refractivity contribution in [1.29, 1.82) is 0 Å². The maximum absolute atomic E-state index is 12.0. The van der Waals surface area contributed by atoms with Crippen LogP contribution in [0.25, 0.3) is 10.2 Å². The summed E-state index contributed by atoms with van der Waals surface area (Å²) < 4.78 is 17.3. The van der Waals surface area contributed by atoms with E-state index in [1.54, 1.807) is 12.1 Å². The number of hydrogen-bond donors (Lipinski definition) is 1. The van der Waals surface area contributed by atoms with Crippen molar-refractivity contribution in [3.8, 4) is 5.75 Å². The van der Waals surface area contributed by atoms with E-state index in [2.05, 4.69) is 4.90 Å². The Hall–Kier alpha value is -1.90. The summed E-state index contributed by atoms with van der Waals surface area (Å²) in [6.07, 6.45) is -0.398. The van der Waals surface area contributed by atoms with E-state index >= 15 is 0 Å². The number of thiazole rings is 1. The highest BCUT2D eigenvalue weighted by Crippen LogP contribution is 2.39. The van der Waals surface area contributed by atoms with Crippen molar-refractivity contribution in [3.05, 3.63) is 17.7 Å². The molecule has 0 bridgehead atoms. The molecule has 0 aliphatic carbocycles. The molecular formula is C18H22N2O5S. The topological polar surface area (TPSA) is 81.1 Å². The van der Waals surface area contributed by atoms with Gasteiger partial charge in [-0.05, 0) is 26.0 Å². The Kier molecular flexibility index (Phi) is 4.50. The highest BCUT2D eigenvalue weighted by Gasteiger charge is 2.44. The van der Waals surface area contributed by atoms with Crippen LogP contribution >= 0.6 is 11.3 Å². The average Bonchev–Trinajstić information content (AvgIpc) is 3.28. The SMILES string of the molecule is COC(=O)c1cc(OC(C)C)c2nc(N3C[C@@H]4OCC(O)[C@@H]4C3)sc2c1. The van der Waals surface area contributed by atoms with Crippen molar-refractivity contribution >= 4 is 32.7 Å². The van der Waals surface area contributed by atoms with E-state index in [4.69, 9.17) is 19.2 Å². The molecule has 2 aliphatic rings. The molecule has 1 aromatic carbocycles. The smallest absolute Gasteiger partial charge is 0.338 e. The molecule has 1 aromatic heterocycles. The minimum Gasteiger partial charge on any atom is -0.489 e. The van der Waals surface area contributed by atoms with Crippen LogP contribution < -0.4 is 9.64 Å². The quantitative estimate of drug-likeness (QED) is 0.816. The summed E-state index contributed by atoms with van der Waals surface area (Å²) in [6, 6.07) is 3.47. The molecule has 4 rings (SSSR count). The third-order valence-electron chi connectivity index (χ3n) is 4.79. The van der Waals surface area contributed by atoms with Gasteiger partial charge in [0.25, 0.3) is 0 Å². The van der Waals surface area contributed by atoms with Gasteiger partial charge in [-0.1, -0.05) is 11.3 Å². The highest BCUT2D eigenvalue weighted by atomic mass is 32.1. The van der Waals surface area contributed by atoms with Crippen molar-refractivity contribution in [1.82, 2.24) is 4.98 Å². The van der Waals surface area contributed by atoms with E-state index in [9.17, 15) is 9.90 Å². The molecule has 0 saturated carbocycles. The zero-order chi connectivity index (χ0) is 18.4. The maximum atomic E-state index is 12.0. The number of fused-ring (bicyclic) bond motifs is 2. The number of aromatic nitrogens is 1. The summed E-state index contributed by atoms with van der Waals surface area (Å²) in [5.41, 5.74) is 1.19. The van der Waals surface area contributed by atoms with Gasteiger partial charge in [-0.2, -0.15) is 0 Å². The first kappa shape index (κ1) is 17.5. The molecule has 0 amide bonds. The van der Waals surface area contributed by atoms with Gasteiger partial charge in [-0.3, -0.25) is 0 Å². The zero-order valence-corrected chi connectivity index (χ0v) is 15.8. The normalized spacial score (nSPS) is 25.1. The second kappa shape index (κ2) is 6.68. The molecule has 0 radical (unpaired) electrons. The van der Waals surface area contributed by atoms with Crippen LogP contribution in [0.1, 0.15) is 24.2 Å². The molecule has 140 valence electrons. The first-order valence-electron chi connectivity index (χ1n) is 8.70. The Morgan fingerprint density at radius 2 is 2.23 bits per heavy atom. The van der Waals surface area contributed by atoms with Gasteiger partial charge in [0.2, 0.25) is 0 Å². The van der Waals surface area contributed by atoms with E-state index in [0.717, 1.165) is 21.9 Å². The number of ether oxygens (including phenoxy) is 3. The summed E-state index contributed by atoms with van der Waals surface area (Å²) in [4.78, 5) is 18.9. The van der Waals surface area contributed by atoms with Crippen LogP contribution in [0.15, 0.2) is 12.1 Å². The van der Waals surface area contributed by atoms with Crippen LogP contribution in [-0.2, 0) is 9.47 Å². The number of anilines is 1. The molecule has 26 heavy (non-hydrogen) atoms. The van der Waals surface area contributed by atoms with Gasteiger partial charge in [0.05, 0.1) is 42.3 Å². The summed E-state index contributed by atoms with van der Waals surface area (Å²) >= 11 is 1.51. The van der Waals surface area contributed by atoms with E-state index in [1.807, 2.05) is 13.8 Å². The third kappa shape index (κ3) is 3.02. The number of rotatable bonds is 4. The fourth-order valence-corrected chi connectivity index (χ4v) is 4.59. The van der Waals surface area contributed by atoms with Crippen LogP contribution in [-0.4, -0.2) is 61.2 Å². The standard InChI is InChI=1S/C18H22N2O5S/c1-9(2)25-13-4-10(17(22)23-3)5-15-16(13)19-18(26-15)20-6-11-12(21)8-24-14(11)7-20/h4-5,9,11-12,14,21H,6-8H2,1-3H3/t11-,12?,14-/m0/s1. The summed E-state index contributed by atoms with van der Waals surface area (Å²) in [5.74, 6) is 0.304. The lowest BCUT2D eigenvalue weighted by Gasteiger charge is -2.16. The Bertz CT molecular complexity index is 836. The van der Waals surface area contributed by atoms with Crippen molar-refractivity contribution in [3.63, 3.8) is 0 Å². The minimum absolute atomic E-state index is 0.0362. The van der Waals surface area contributed by atoms with Crippen molar-refractivity contribution in [2.75, 3.05) is 31.7 Å². The van der Waals surface area contributed by atoms with Crippen molar-refractivity contribution < 1.29 is 24.1 Å². The third-order valence-corrected chi connectivity index (χ3v) is 5.85. The molecule has 2 aliphatic heterocycles. The number of carbonyl (C=O) groups is 1. The van der Waals surface area contributed by atoms with Crippen LogP contribution in [0, 0.1) is 5.92 Å². The number of benzene rings is 1. The molecule has 8 heteroatoms. The fraction of sp³-hybridized carbons (Fsp3) is 0.556. The van der Waals surface area contributed by atoms with Gasteiger partial charge in [-0.15, -0.1) is 0 Å². The predicted octanol–water partition coefficient (Wildman–Crippen LogP) is 2.07. The number of esters is 1. The van der Waals surface area contributed by atoms with Crippen molar-refractivity contribution in [2.45, 2.75) is 32.2 Å². The lowest BCUT2D eigenvalue weighted by Crippen LogP contribution is -2.25. The van der Waals surface area contributed by atoms with E-state index < -0.39 is 12.1 Å². The highest BCUT2D eigenvalue weighted by molar-refractivity contribution is 7.22. The average molecular weight is 378 g/mol. The molecule has 2 saturated heterocycles. The summed E-state index contributed by atoms with van der Waals surface area (Å²) in [7, 11) is 1.36. The second-order valence-corrected chi connectivity index (χ2v) is 7.99. The van der Waals surface area contributed by atoms with Crippen LogP contribution in [0.3, 0.4) is 0 Å². The molecule has 7 nitrogen and oxygen atoms in total. The van der Waals surface area contributed by atoms with Crippen LogP contribution in [0.2, 0.25) is 0 Å². The van der Waals surface area contributed by atoms with E-state index in [-0.39, 0.29) is 18.1 Å². The van der Waals surface area contributed by atoms with Gasteiger partial charge in [0.15, 0.2) is 5.13 Å². The molecule has 0 spiro atoms. The lowest BCUT2D eigenvalue weighted by atomic mass is 10.0. The lowest BCUT2D eigenvalue weighted by molar-refractivity contribution is 0.0600. The maximum Gasteiger partial charge on any atom is 0.338 e. The largest absolute Gasteiger partial charge is 0.489 e. The number of hydrogen-bond acceptors (Lipinski definition) is 8. The molecule has 2 fully saturated rings. The van der Waals surface area contributed by atoms with E-state index in [0.29, 0.717) is 24.5 Å². The molecule has 3 heterocycles. The van der Waals surface area contributed by atoms with Gasteiger partial charge in [0, 0.05) is 19.0 Å². The van der Waals surface area contributed by atoms with E-state index in [1.165, 1.54) is 18.4 Å². The summed E-state index contributed by atoms with van der Waals surface area (Å²) in [6.45, 7) is 5.72. The van der Waals surface area contributed by atoms with Gasteiger partial charge < -0.3 is 24.2 Å². The monoisotopic (exact) mass is 378 g/mol. The van der Waals surface area contributed by atoms with Crippen LogP contribution in [0.4, 0.5) is 5.13 Å². The Labute approximate surface area is 155 Å². The van der Waals surface area contributed by atoms with Gasteiger partial charge in [-0.25, -0.2) is 9.78 Å². The molecule has 2 aromatic rings. The second-order valence-electron chi connectivity index (χ2n) is 6.98.